The molecule has 0 amide bonds. The van der Waals surface area contributed by atoms with Crippen LogP contribution in [0.1, 0.15) is 34.8 Å². The van der Waals surface area contributed by atoms with Crippen LogP contribution in [0.25, 0.3) is 21.5 Å². The summed E-state index contributed by atoms with van der Waals surface area (Å²) in [6.45, 7) is 5.74. The lowest BCUT2D eigenvalue weighted by atomic mass is 10.1. The lowest BCUT2D eigenvalue weighted by molar-refractivity contribution is 0.583. The second kappa shape index (κ2) is 7.26. The van der Waals surface area contributed by atoms with Crippen LogP contribution in [0.3, 0.4) is 0 Å². The molecule has 0 bridgehead atoms. The summed E-state index contributed by atoms with van der Waals surface area (Å²) in [6, 6.07) is 7.72. The number of nitriles is 1. The molecule has 0 aliphatic rings. The third-order valence-electron chi connectivity index (χ3n) is 4.35. The molecule has 8 heteroatoms. The Kier molecular flexibility index (Phi) is 4.79. The average molecular weight is 409 g/mol. The molecule has 0 aliphatic carbocycles. The van der Waals surface area contributed by atoms with Crippen molar-refractivity contribution in [1.29, 1.82) is 5.26 Å². The van der Waals surface area contributed by atoms with Gasteiger partial charge in [0.1, 0.15) is 27.5 Å². The first kappa shape index (κ1) is 18.5. The van der Waals surface area contributed by atoms with Crippen LogP contribution in [0.2, 0.25) is 0 Å². The molecule has 0 spiro atoms. The van der Waals surface area contributed by atoms with E-state index >= 15 is 0 Å². The number of aromatic nitrogens is 3. The van der Waals surface area contributed by atoms with Crippen molar-refractivity contribution in [3.8, 4) is 17.4 Å². The summed E-state index contributed by atoms with van der Waals surface area (Å²) in [5.74, 6) is 1.20. The van der Waals surface area contributed by atoms with Gasteiger partial charge in [0, 0.05) is 16.6 Å². The average Bonchev–Trinajstić information content (AvgIpc) is 3.30. The highest BCUT2D eigenvalue weighted by molar-refractivity contribution is 7.99. The van der Waals surface area contributed by atoms with Gasteiger partial charge in [-0.1, -0.05) is 11.8 Å². The second-order valence-electron chi connectivity index (χ2n) is 6.39. The highest BCUT2D eigenvalue weighted by atomic mass is 32.2. The van der Waals surface area contributed by atoms with E-state index in [0.29, 0.717) is 32.4 Å². The molecule has 0 saturated carbocycles. The first-order valence-electron chi connectivity index (χ1n) is 8.58. The zero-order chi connectivity index (χ0) is 19.8. The molecule has 1 atom stereocenters. The van der Waals surface area contributed by atoms with E-state index in [1.165, 1.54) is 23.1 Å². The first-order chi connectivity index (χ1) is 13.5. The van der Waals surface area contributed by atoms with Gasteiger partial charge >= 0.3 is 0 Å². The Hall–Kier alpha value is -2.89. The monoisotopic (exact) mass is 408 g/mol. The summed E-state index contributed by atoms with van der Waals surface area (Å²) in [6.07, 6.45) is 1.58. The van der Waals surface area contributed by atoms with Gasteiger partial charge in [0.25, 0.3) is 5.56 Å². The highest BCUT2D eigenvalue weighted by Gasteiger charge is 2.19. The van der Waals surface area contributed by atoms with Crippen LogP contribution in [-0.2, 0) is 0 Å². The SMILES string of the molecule is Cc1cc(C)c(C#N)c(SC(C)c2nc3scc(-c4ccco4)c3c(=O)[nH]2)n1. The molecule has 0 aliphatic heterocycles. The number of rotatable bonds is 4. The van der Waals surface area contributed by atoms with Crippen molar-refractivity contribution < 1.29 is 4.42 Å². The zero-order valence-electron chi connectivity index (χ0n) is 15.4. The highest BCUT2D eigenvalue weighted by Crippen LogP contribution is 2.36. The number of H-pyrrole nitrogens is 1. The fraction of sp³-hybridized carbons (Fsp3) is 0.200. The van der Waals surface area contributed by atoms with E-state index in [4.69, 9.17) is 4.42 Å². The molecular formula is C20H16N4O2S2. The van der Waals surface area contributed by atoms with E-state index in [9.17, 15) is 10.1 Å². The minimum Gasteiger partial charge on any atom is -0.464 e. The zero-order valence-corrected chi connectivity index (χ0v) is 17.1. The van der Waals surface area contributed by atoms with Gasteiger partial charge in [-0.3, -0.25) is 4.79 Å². The maximum atomic E-state index is 12.8. The number of furan rings is 1. The molecule has 0 radical (unpaired) electrons. The van der Waals surface area contributed by atoms with Crippen LogP contribution < -0.4 is 5.56 Å². The van der Waals surface area contributed by atoms with Crippen molar-refractivity contribution in [1.82, 2.24) is 15.0 Å². The molecule has 0 saturated heterocycles. The quantitative estimate of drug-likeness (QED) is 0.478. The largest absolute Gasteiger partial charge is 0.464 e. The summed E-state index contributed by atoms with van der Waals surface area (Å²) in [4.78, 5) is 25.5. The number of thiophene rings is 1. The molecule has 4 aromatic rings. The predicted molar refractivity (Wildman–Crippen MR) is 111 cm³/mol. The lowest BCUT2D eigenvalue weighted by Gasteiger charge is -2.12. The van der Waals surface area contributed by atoms with Gasteiger partial charge in [-0.25, -0.2) is 9.97 Å². The Bertz CT molecular complexity index is 1270. The first-order valence-corrected chi connectivity index (χ1v) is 10.3. The third-order valence-corrected chi connectivity index (χ3v) is 6.31. The number of nitrogens with one attached hydrogen (secondary N) is 1. The summed E-state index contributed by atoms with van der Waals surface area (Å²) >= 11 is 2.83. The number of aryl methyl sites for hydroxylation is 2. The number of nitrogens with zero attached hydrogens (tertiary/aromatic N) is 3. The predicted octanol–water partition coefficient (Wildman–Crippen LogP) is 4.98. The van der Waals surface area contributed by atoms with Crippen LogP contribution in [0.4, 0.5) is 0 Å². The number of pyridine rings is 1. The molecule has 140 valence electrons. The minimum absolute atomic E-state index is 0.174. The lowest BCUT2D eigenvalue weighted by Crippen LogP contribution is -2.12. The Balaban J connectivity index is 1.73. The summed E-state index contributed by atoms with van der Waals surface area (Å²) in [5, 5.41) is 12.4. The topological polar surface area (TPSA) is 95.6 Å². The van der Waals surface area contributed by atoms with Gasteiger partial charge in [0.2, 0.25) is 0 Å². The number of fused-ring (bicyclic) bond motifs is 1. The maximum absolute atomic E-state index is 12.8. The van der Waals surface area contributed by atoms with Crippen LogP contribution in [0.15, 0.2) is 44.1 Å². The van der Waals surface area contributed by atoms with Gasteiger partial charge < -0.3 is 9.40 Å². The number of hydrogen-bond donors (Lipinski definition) is 1. The van der Waals surface area contributed by atoms with Gasteiger partial charge in [-0.2, -0.15) is 5.26 Å². The smallest absolute Gasteiger partial charge is 0.260 e. The molecular weight excluding hydrogens is 392 g/mol. The molecule has 4 heterocycles. The van der Waals surface area contributed by atoms with E-state index < -0.39 is 0 Å². The number of hydrogen-bond acceptors (Lipinski definition) is 7. The summed E-state index contributed by atoms with van der Waals surface area (Å²) in [5.41, 5.74) is 2.84. The van der Waals surface area contributed by atoms with Crippen LogP contribution in [0.5, 0.6) is 0 Å². The Morgan fingerprint density at radius 2 is 2.18 bits per heavy atom. The van der Waals surface area contributed by atoms with Crippen molar-refractivity contribution in [2.45, 2.75) is 31.0 Å². The van der Waals surface area contributed by atoms with Crippen molar-refractivity contribution in [2.75, 3.05) is 0 Å². The van der Waals surface area contributed by atoms with Crippen LogP contribution in [-0.4, -0.2) is 15.0 Å². The van der Waals surface area contributed by atoms with E-state index in [1.54, 1.807) is 12.3 Å². The fourth-order valence-electron chi connectivity index (χ4n) is 3.02. The van der Waals surface area contributed by atoms with Crippen LogP contribution >= 0.6 is 23.1 Å². The normalized spacial score (nSPS) is 12.2. The molecule has 4 aromatic heterocycles. The Morgan fingerprint density at radius 3 is 2.89 bits per heavy atom. The third kappa shape index (κ3) is 3.23. The minimum atomic E-state index is -0.200. The summed E-state index contributed by atoms with van der Waals surface area (Å²) < 4.78 is 5.43. The van der Waals surface area contributed by atoms with Gasteiger partial charge in [-0.05, 0) is 44.5 Å². The molecule has 0 aromatic carbocycles. The molecule has 1 N–H and O–H groups in total. The fourth-order valence-corrected chi connectivity index (χ4v) is 5.03. The van der Waals surface area contributed by atoms with Crippen molar-refractivity contribution in [2.24, 2.45) is 0 Å². The van der Waals surface area contributed by atoms with Crippen molar-refractivity contribution in [3.05, 3.63) is 62.8 Å². The molecule has 0 fully saturated rings. The molecule has 1 unspecified atom stereocenters. The molecule has 6 nitrogen and oxygen atoms in total. The van der Waals surface area contributed by atoms with E-state index in [-0.39, 0.29) is 10.8 Å². The standard InChI is InChI=1S/C20H16N4O2S2/c1-10-7-11(2)22-19(13(10)8-21)28-12(3)17-23-18(25)16-14(9-27-20(16)24-17)15-5-4-6-26-15/h4-7,9,12H,1-3H3,(H,23,24,25). The van der Waals surface area contributed by atoms with E-state index in [2.05, 4.69) is 21.0 Å². The number of thioether (sulfide) groups is 1. The van der Waals surface area contributed by atoms with Crippen molar-refractivity contribution in [3.63, 3.8) is 0 Å². The van der Waals surface area contributed by atoms with Gasteiger partial charge in [-0.15, -0.1) is 11.3 Å². The molecule has 4 rings (SSSR count). The second-order valence-corrected chi connectivity index (χ2v) is 8.58. The summed E-state index contributed by atoms with van der Waals surface area (Å²) in [7, 11) is 0. The van der Waals surface area contributed by atoms with Gasteiger partial charge in [0.15, 0.2) is 0 Å². The van der Waals surface area contributed by atoms with Crippen LogP contribution in [0, 0.1) is 25.2 Å². The van der Waals surface area contributed by atoms with E-state index in [0.717, 1.165) is 16.8 Å². The van der Waals surface area contributed by atoms with E-state index in [1.807, 2.05) is 38.3 Å². The maximum Gasteiger partial charge on any atom is 0.260 e. The molecule has 28 heavy (non-hydrogen) atoms. The number of aromatic amines is 1. The van der Waals surface area contributed by atoms with Gasteiger partial charge in [0.05, 0.1) is 22.5 Å². The Labute approximate surface area is 169 Å². The Morgan fingerprint density at radius 1 is 1.36 bits per heavy atom. The van der Waals surface area contributed by atoms with Crippen molar-refractivity contribution >= 4 is 33.3 Å².